The molecule has 2 bridgehead atoms. The fraction of sp³-hybridized carbons (Fsp3) is 0.878. The van der Waals surface area contributed by atoms with Gasteiger partial charge in [-0.15, -0.1) is 0 Å². The van der Waals surface area contributed by atoms with E-state index in [2.05, 4.69) is 13.8 Å². The SMILES string of the molecule is CCC(C)CCCC[C@H]1/C=C(\C)[C@@H](O)C[C@H](O)CCC[C@H](O)[C@@H](C)[C@H](O)C/C=C/C=C(\C)[C@@H](O)[C@H](C)[C@@H]2C[C@H](OC3O[C@H](C)[C@@H](O)[C@H](N(C)C)[C@H]3O)[C@@H](C)C(O)(CC(=O)OC(C)/C=C/[C@@H](O)C[C@@H](O)CCC[C@H](O)[C@@H](C)[C@H](O)CC[C@H](C)[C@H](O)C[C@@H](O)C[C@H](O)CCC(O)[C@@H]1O)O2. The lowest BCUT2D eigenvalue weighted by molar-refractivity contribution is -0.351. The van der Waals surface area contributed by atoms with Gasteiger partial charge < -0.3 is 111 Å². The lowest BCUT2D eigenvalue weighted by Gasteiger charge is -2.50. The predicted octanol–water partition coefficient (Wildman–Crippen LogP) is 4.89. The van der Waals surface area contributed by atoms with Crippen LogP contribution in [0.25, 0.3) is 0 Å². The molecule has 97 heavy (non-hydrogen) atoms. The highest BCUT2D eigenvalue weighted by atomic mass is 16.7. The molecular formula is C74H135NO22. The largest absolute Gasteiger partial charge is 0.458 e. The molecule has 3 aliphatic heterocycles. The van der Waals surface area contributed by atoms with Crippen LogP contribution in [0, 0.1) is 41.4 Å². The van der Waals surface area contributed by atoms with Gasteiger partial charge in [-0.1, -0.05) is 105 Å². The Morgan fingerprint density at radius 1 is 0.619 bits per heavy atom. The zero-order valence-electron chi connectivity index (χ0n) is 60.9. The van der Waals surface area contributed by atoms with Crippen LogP contribution in [0.4, 0.5) is 0 Å². The van der Waals surface area contributed by atoms with E-state index in [0.717, 1.165) is 25.7 Å². The lowest BCUT2D eigenvalue weighted by Crippen LogP contribution is -2.64. The van der Waals surface area contributed by atoms with Crippen molar-refractivity contribution in [2.45, 2.75) is 358 Å². The molecule has 30 atom stereocenters. The number of cyclic esters (lactones) is 1. The fourth-order valence-corrected chi connectivity index (χ4v) is 13.7. The lowest BCUT2D eigenvalue weighted by atomic mass is 9.80. The average Bonchev–Trinajstić information content (AvgIpc) is 0.770. The number of hydrogen-bond acceptors (Lipinski definition) is 23. The number of nitrogens with zero attached hydrogens (tertiary/aromatic N) is 1. The van der Waals surface area contributed by atoms with E-state index in [1.807, 2.05) is 0 Å². The number of aliphatic hydroxyl groups excluding tert-OH is 16. The van der Waals surface area contributed by atoms with E-state index < -0.39 is 182 Å². The normalized spacial score (nSPS) is 44.4. The highest BCUT2D eigenvalue weighted by Crippen LogP contribution is 2.42. The maximum Gasteiger partial charge on any atom is 0.311 e. The van der Waals surface area contributed by atoms with Gasteiger partial charge in [-0.3, -0.25) is 4.79 Å². The first-order valence-corrected chi connectivity index (χ1v) is 36.6. The van der Waals surface area contributed by atoms with Crippen molar-refractivity contribution in [3.8, 4) is 0 Å². The molecule has 0 aromatic carbocycles. The zero-order valence-corrected chi connectivity index (χ0v) is 60.9. The number of hydrogen-bond donors (Lipinski definition) is 17. The Bertz CT molecular complexity index is 2290. The molecule has 0 aromatic heterocycles. The summed E-state index contributed by atoms with van der Waals surface area (Å²) in [6.45, 7) is 19.4. The van der Waals surface area contributed by atoms with Gasteiger partial charge in [0, 0.05) is 48.9 Å². The second-order valence-electron chi connectivity index (χ2n) is 30.1. The van der Waals surface area contributed by atoms with Gasteiger partial charge in [0.15, 0.2) is 12.1 Å². The van der Waals surface area contributed by atoms with Crippen LogP contribution in [0.1, 0.15) is 217 Å². The number of carbonyl (C=O) groups excluding carboxylic acids is 1. The number of esters is 1. The van der Waals surface area contributed by atoms with Crippen molar-refractivity contribution in [1.82, 2.24) is 4.90 Å². The monoisotopic (exact) mass is 1390 g/mol. The van der Waals surface area contributed by atoms with E-state index in [9.17, 15) is 91.6 Å². The molecule has 3 rings (SSSR count). The third-order valence-corrected chi connectivity index (χ3v) is 21.5. The van der Waals surface area contributed by atoms with E-state index in [0.29, 0.717) is 42.7 Å². The van der Waals surface area contributed by atoms with E-state index >= 15 is 0 Å². The average molecular weight is 1390 g/mol. The molecule has 5 unspecified atom stereocenters. The molecule has 0 aliphatic carbocycles. The molecule has 0 radical (unpaired) electrons. The summed E-state index contributed by atoms with van der Waals surface area (Å²) in [7, 11) is 3.40. The minimum absolute atomic E-state index is 0.0103. The Morgan fingerprint density at radius 2 is 1.21 bits per heavy atom. The van der Waals surface area contributed by atoms with Crippen molar-refractivity contribution in [2.24, 2.45) is 41.4 Å². The second kappa shape index (κ2) is 44.3. The minimum atomic E-state index is -2.26. The third kappa shape index (κ3) is 30.4. The molecular weight excluding hydrogens is 1250 g/mol. The predicted molar refractivity (Wildman–Crippen MR) is 370 cm³/mol. The molecule has 0 aromatic rings. The molecule has 23 nitrogen and oxygen atoms in total. The molecule has 568 valence electrons. The van der Waals surface area contributed by atoms with Crippen LogP contribution in [-0.2, 0) is 23.7 Å². The molecule has 0 amide bonds. The summed E-state index contributed by atoms with van der Waals surface area (Å²) < 4.78 is 24.5. The second-order valence-corrected chi connectivity index (χ2v) is 30.1. The molecule has 3 heterocycles. The Kier molecular flexibility index (Phi) is 40.6. The summed E-state index contributed by atoms with van der Waals surface area (Å²) in [5.74, 6) is -6.37. The van der Waals surface area contributed by atoms with Crippen LogP contribution < -0.4 is 0 Å². The van der Waals surface area contributed by atoms with Crippen molar-refractivity contribution in [1.29, 1.82) is 0 Å². The van der Waals surface area contributed by atoms with Crippen molar-refractivity contribution < 1.29 is 111 Å². The van der Waals surface area contributed by atoms with Gasteiger partial charge in [0.05, 0.1) is 122 Å². The van der Waals surface area contributed by atoms with Crippen molar-refractivity contribution in [2.75, 3.05) is 14.1 Å². The van der Waals surface area contributed by atoms with Crippen molar-refractivity contribution in [3.05, 3.63) is 47.6 Å². The topological polar surface area (TPSA) is 401 Å². The molecule has 0 spiro atoms. The van der Waals surface area contributed by atoms with Crippen LogP contribution in [-0.4, -0.2) is 252 Å². The smallest absolute Gasteiger partial charge is 0.311 e. The number of fused-ring (bicyclic) bond motifs is 2. The Hall–Kier alpha value is -2.41. The van der Waals surface area contributed by atoms with Gasteiger partial charge in [-0.05, 0) is 161 Å². The van der Waals surface area contributed by atoms with Gasteiger partial charge in [0.25, 0.3) is 0 Å². The quantitative estimate of drug-likeness (QED) is 0.0829. The highest BCUT2D eigenvalue weighted by molar-refractivity contribution is 5.71. The van der Waals surface area contributed by atoms with Gasteiger partial charge in [-0.25, -0.2) is 0 Å². The fourth-order valence-electron chi connectivity index (χ4n) is 13.7. The standard InChI is InChI=1S/C74H135NO22/c1-14-42(2)21-15-17-23-52-35-45(5)64(87)38-54(77)25-20-28-59(82)47(7)58(81)26-18-16-22-44(4)69(89)49(9)65-40-66(96-73-72(92)68(75(12)13)70(90)51(11)95-73)50(10)74(93,97-65)41-67(88)94-46(6)30-31-55(78)36-53(76)24-19-27-60(83)48(8)61(84)33-29-43(3)63(86)39-57(80)37-56(79)32-34-62(85)71(52)91/h16,18,22,30-31,35,42-43,46-66,68-73,76-87,89-93H,14-15,17,19-21,23-29,32-34,36-41H2,1-13H3/b18-16+,31-30+,44-22+,45-35+/t42?,43-,46?,47-,48+,49+,50+,51+,52-,53-,54+,55+,56+,57-,58+,59-,60-,61+,62?,63+,64-,65-,66-,68-,69+,70+,71+,72+,73?,74?/m0/s1. The molecule has 0 saturated carbocycles. The number of ether oxygens (including phenoxy) is 4. The first kappa shape index (κ1) is 88.8. The number of allylic oxidation sites excluding steroid dienone is 2. The maximum absolute atomic E-state index is 13.8. The number of unbranched alkanes of at least 4 members (excludes halogenated alkanes) is 1. The summed E-state index contributed by atoms with van der Waals surface area (Å²) in [6.07, 6.45) is -6.51. The molecule has 23 heteroatoms. The summed E-state index contributed by atoms with van der Waals surface area (Å²) in [5, 5.41) is 191. The summed E-state index contributed by atoms with van der Waals surface area (Å²) in [5.41, 5.74) is 1.00. The highest BCUT2D eigenvalue weighted by Gasteiger charge is 2.53. The maximum atomic E-state index is 13.8. The number of aliphatic hydroxyl groups is 17. The molecule has 17 N–H and O–H groups in total. The van der Waals surface area contributed by atoms with Gasteiger partial charge in [0.1, 0.15) is 12.2 Å². The van der Waals surface area contributed by atoms with E-state index in [-0.39, 0.29) is 89.4 Å². The summed E-state index contributed by atoms with van der Waals surface area (Å²) >= 11 is 0. The van der Waals surface area contributed by atoms with Crippen LogP contribution >= 0.6 is 0 Å². The number of likely N-dealkylation sites (N-methyl/N-ethyl adjacent to an activating group) is 1. The molecule has 3 aliphatic rings. The summed E-state index contributed by atoms with van der Waals surface area (Å²) in [4.78, 5) is 15.4. The Labute approximate surface area is 579 Å². The van der Waals surface area contributed by atoms with E-state index in [1.54, 1.807) is 106 Å². The molecule has 2 fully saturated rings. The van der Waals surface area contributed by atoms with Crippen LogP contribution in [0.5, 0.6) is 0 Å². The molecule has 2 saturated heterocycles. The Morgan fingerprint density at radius 3 is 1.82 bits per heavy atom. The van der Waals surface area contributed by atoms with Crippen LogP contribution in [0.2, 0.25) is 0 Å². The first-order valence-electron chi connectivity index (χ1n) is 36.6. The third-order valence-electron chi connectivity index (χ3n) is 21.5. The Balaban J connectivity index is 1.86. The van der Waals surface area contributed by atoms with Gasteiger partial charge >= 0.3 is 5.97 Å². The van der Waals surface area contributed by atoms with Crippen LogP contribution in [0.3, 0.4) is 0 Å². The number of carbonyl (C=O) groups is 1. The van der Waals surface area contributed by atoms with E-state index in [4.69, 9.17) is 18.9 Å². The van der Waals surface area contributed by atoms with E-state index in [1.165, 1.54) is 12.2 Å². The zero-order chi connectivity index (χ0) is 73.2. The van der Waals surface area contributed by atoms with Crippen molar-refractivity contribution in [3.63, 3.8) is 0 Å². The minimum Gasteiger partial charge on any atom is -0.458 e. The summed E-state index contributed by atoms with van der Waals surface area (Å²) in [6, 6.07) is -0.781. The van der Waals surface area contributed by atoms with Crippen molar-refractivity contribution >= 4 is 5.97 Å². The van der Waals surface area contributed by atoms with Gasteiger partial charge in [0.2, 0.25) is 0 Å². The first-order chi connectivity index (χ1) is 45.4. The van der Waals surface area contributed by atoms with Crippen LogP contribution in [0.15, 0.2) is 47.6 Å². The number of rotatable bonds is 9. The van der Waals surface area contributed by atoms with Gasteiger partial charge in [-0.2, -0.15) is 0 Å².